The summed E-state index contributed by atoms with van der Waals surface area (Å²) < 4.78 is 4.94. The molecule has 26 heavy (non-hydrogen) atoms. The molecule has 2 amide bonds. The SMILES string of the molecule is CCOC(=O)c1ccc(N2C(=O)C[C@H](Cc3ccc(C)cc3)C2=O)cc1. The van der Waals surface area contributed by atoms with Crippen LogP contribution in [0, 0.1) is 12.8 Å². The van der Waals surface area contributed by atoms with Crippen LogP contribution in [-0.4, -0.2) is 24.4 Å². The highest BCUT2D eigenvalue weighted by atomic mass is 16.5. The minimum absolute atomic E-state index is 0.195. The Hall–Kier alpha value is -2.95. The first-order valence-electron chi connectivity index (χ1n) is 8.69. The Labute approximate surface area is 152 Å². The topological polar surface area (TPSA) is 63.7 Å². The molecule has 5 heteroatoms. The van der Waals surface area contributed by atoms with Crippen molar-refractivity contribution in [3.8, 4) is 0 Å². The van der Waals surface area contributed by atoms with Crippen molar-refractivity contribution in [3.63, 3.8) is 0 Å². The highest BCUT2D eigenvalue weighted by Crippen LogP contribution is 2.29. The van der Waals surface area contributed by atoms with E-state index in [-0.39, 0.29) is 24.2 Å². The summed E-state index contributed by atoms with van der Waals surface area (Å²) in [5.41, 5.74) is 3.08. The molecule has 0 bridgehead atoms. The summed E-state index contributed by atoms with van der Waals surface area (Å²) in [4.78, 5) is 38.0. The van der Waals surface area contributed by atoms with E-state index in [4.69, 9.17) is 4.74 Å². The fourth-order valence-corrected chi connectivity index (χ4v) is 3.10. The molecule has 0 N–H and O–H groups in total. The van der Waals surface area contributed by atoms with Crippen molar-refractivity contribution in [2.75, 3.05) is 11.5 Å². The summed E-state index contributed by atoms with van der Waals surface area (Å²) in [5, 5.41) is 0. The molecule has 0 radical (unpaired) electrons. The predicted molar refractivity (Wildman–Crippen MR) is 97.9 cm³/mol. The quantitative estimate of drug-likeness (QED) is 0.612. The third-order valence-electron chi connectivity index (χ3n) is 4.48. The van der Waals surface area contributed by atoms with Crippen LogP contribution in [0.15, 0.2) is 48.5 Å². The summed E-state index contributed by atoms with van der Waals surface area (Å²) in [6.45, 7) is 4.04. The number of carbonyl (C=O) groups is 3. The third-order valence-corrected chi connectivity index (χ3v) is 4.48. The lowest BCUT2D eigenvalue weighted by Crippen LogP contribution is -2.30. The van der Waals surface area contributed by atoms with Crippen LogP contribution >= 0.6 is 0 Å². The molecule has 0 aromatic heterocycles. The lowest BCUT2D eigenvalue weighted by Gasteiger charge is -2.15. The molecule has 3 rings (SSSR count). The van der Waals surface area contributed by atoms with Crippen molar-refractivity contribution in [2.24, 2.45) is 5.92 Å². The molecule has 1 heterocycles. The molecule has 0 unspecified atom stereocenters. The Kier molecular flexibility index (Phi) is 5.16. The molecule has 134 valence electrons. The number of rotatable bonds is 5. The van der Waals surface area contributed by atoms with Gasteiger partial charge in [0.1, 0.15) is 0 Å². The van der Waals surface area contributed by atoms with Crippen molar-refractivity contribution < 1.29 is 19.1 Å². The first-order chi connectivity index (χ1) is 12.5. The number of ether oxygens (including phenoxy) is 1. The first-order valence-corrected chi connectivity index (χ1v) is 8.69. The zero-order valence-corrected chi connectivity index (χ0v) is 14.9. The fourth-order valence-electron chi connectivity index (χ4n) is 3.10. The summed E-state index contributed by atoms with van der Waals surface area (Å²) in [6, 6.07) is 14.3. The molecule has 0 saturated carbocycles. The van der Waals surface area contributed by atoms with Gasteiger partial charge in [0.15, 0.2) is 0 Å². The minimum Gasteiger partial charge on any atom is -0.462 e. The van der Waals surface area contributed by atoms with Gasteiger partial charge in [-0.1, -0.05) is 29.8 Å². The van der Waals surface area contributed by atoms with Gasteiger partial charge in [-0.25, -0.2) is 4.79 Å². The van der Waals surface area contributed by atoms with Crippen LogP contribution in [0.3, 0.4) is 0 Å². The van der Waals surface area contributed by atoms with E-state index in [1.54, 1.807) is 31.2 Å². The fraction of sp³-hybridized carbons (Fsp3) is 0.286. The van der Waals surface area contributed by atoms with Crippen LogP contribution in [0.5, 0.6) is 0 Å². The third kappa shape index (κ3) is 3.67. The van der Waals surface area contributed by atoms with E-state index < -0.39 is 5.97 Å². The van der Waals surface area contributed by atoms with E-state index in [2.05, 4.69) is 0 Å². The van der Waals surface area contributed by atoms with E-state index in [0.717, 1.165) is 11.1 Å². The van der Waals surface area contributed by atoms with Gasteiger partial charge < -0.3 is 4.74 Å². The van der Waals surface area contributed by atoms with Crippen molar-refractivity contribution in [1.29, 1.82) is 0 Å². The number of hydrogen-bond donors (Lipinski definition) is 0. The van der Waals surface area contributed by atoms with E-state index in [0.29, 0.717) is 24.3 Å². The Bertz CT molecular complexity index is 824. The van der Waals surface area contributed by atoms with Gasteiger partial charge in [-0.2, -0.15) is 0 Å². The molecule has 1 aliphatic rings. The number of esters is 1. The molecule has 5 nitrogen and oxygen atoms in total. The standard InChI is InChI=1S/C21H21NO4/c1-3-26-21(25)16-8-10-18(11-9-16)22-19(23)13-17(20(22)24)12-15-6-4-14(2)5-7-15/h4-11,17H,3,12-13H2,1-2H3/t17-/m0/s1. The van der Waals surface area contributed by atoms with Crippen LogP contribution in [-0.2, 0) is 20.7 Å². The average molecular weight is 351 g/mol. The minimum atomic E-state index is -0.421. The molecule has 2 aromatic carbocycles. The van der Waals surface area contributed by atoms with Crippen molar-refractivity contribution in [1.82, 2.24) is 0 Å². The number of aryl methyl sites for hydroxylation is 1. The lowest BCUT2D eigenvalue weighted by molar-refractivity contribution is -0.122. The number of nitrogens with zero attached hydrogens (tertiary/aromatic N) is 1. The second kappa shape index (κ2) is 7.52. The monoisotopic (exact) mass is 351 g/mol. The second-order valence-corrected chi connectivity index (χ2v) is 6.43. The number of anilines is 1. The van der Waals surface area contributed by atoms with Gasteiger partial charge >= 0.3 is 5.97 Å². The molecule has 1 saturated heterocycles. The van der Waals surface area contributed by atoms with Crippen molar-refractivity contribution in [2.45, 2.75) is 26.7 Å². The smallest absolute Gasteiger partial charge is 0.338 e. The Balaban J connectivity index is 1.74. The average Bonchev–Trinajstić information content (AvgIpc) is 2.91. The Morgan fingerprint density at radius 2 is 1.73 bits per heavy atom. The van der Waals surface area contributed by atoms with E-state index in [9.17, 15) is 14.4 Å². The molecular weight excluding hydrogens is 330 g/mol. The maximum absolute atomic E-state index is 12.7. The maximum atomic E-state index is 12.7. The number of hydrogen-bond acceptors (Lipinski definition) is 4. The van der Waals surface area contributed by atoms with E-state index >= 15 is 0 Å². The van der Waals surface area contributed by atoms with Gasteiger partial charge in [0, 0.05) is 6.42 Å². The zero-order chi connectivity index (χ0) is 18.7. The molecule has 2 aromatic rings. The van der Waals surface area contributed by atoms with Crippen LogP contribution in [0.25, 0.3) is 0 Å². The largest absolute Gasteiger partial charge is 0.462 e. The van der Waals surface area contributed by atoms with Gasteiger partial charge in [-0.05, 0) is 50.1 Å². The van der Waals surface area contributed by atoms with Gasteiger partial charge in [0.2, 0.25) is 11.8 Å². The van der Waals surface area contributed by atoms with Crippen LogP contribution in [0.2, 0.25) is 0 Å². The Morgan fingerprint density at radius 1 is 1.08 bits per heavy atom. The molecule has 1 fully saturated rings. The lowest BCUT2D eigenvalue weighted by atomic mass is 9.97. The predicted octanol–water partition coefficient (Wildman–Crippen LogP) is 3.29. The molecule has 1 aliphatic heterocycles. The van der Waals surface area contributed by atoms with Crippen molar-refractivity contribution in [3.05, 3.63) is 65.2 Å². The van der Waals surface area contributed by atoms with Gasteiger partial charge in [0.05, 0.1) is 23.8 Å². The summed E-state index contributed by atoms with van der Waals surface area (Å²) in [7, 11) is 0. The maximum Gasteiger partial charge on any atom is 0.338 e. The second-order valence-electron chi connectivity index (χ2n) is 6.43. The normalized spacial score (nSPS) is 16.8. The first kappa shape index (κ1) is 17.9. The van der Waals surface area contributed by atoms with E-state index in [1.165, 1.54) is 4.90 Å². The number of amides is 2. The summed E-state index contributed by atoms with van der Waals surface area (Å²) in [6.07, 6.45) is 0.745. The van der Waals surface area contributed by atoms with Gasteiger partial charge in [-0.3, -0.25) is 14.5 Å². The Morgan fingerprint density at radius 3 is 2.35 bits per heavy atom. The number of benzene rings is 2. The molecule has 0 aliphatic carbocycles. The number of imide groups is 1. The zero-order valence-electron chi connectivity index (χ0n) is 14.9. The van der Waals surface area contributed by atoms with Crippen LogP contribution < -0.4 is 4.90 Å². The summed E-state index contributed by atoms with van der Waals surface area (Å²) >= 11 is 0. The van der Waals surface area contributed by atoms with Crippen LogP contribution in [0.1, 0.15) is 34.8 Å². The molecule has 1 atom stereocenters. The highest BCUT2D eigenvalue weighted by molar-refractivity contribution is 6.21. The number of carbonyl (C=O) groups excluding carboxylic acids is 3. The summed E-state index contributed by atoms with van der Waals surface area (Å²) in [5.74, 6) is -1.18. The highest BCUT2D eigenvalue weighted by Gasteiger charge is 2.39. The van der Waals surface area contributed by atoms with Crippen molar-refractivity contribution >= 4 is 23.5 Å². The van der Waals surface area contributed by atoms with Gasteiger partial charge in [-0.15, -0.1) is 0 Å². The molecular formula is C21H21NO4. The van der Waals surface area contributed by atoms with Gasteiger partial charge in [0.25, 0.3) is 0 Å². The van der Waals surface area contributed by atoms with Crippen LogP contribution in [0.4, 0.5) is 5.69 Å². The molecule has 0 spiro atoms. The van der Waals surface area contributed by atoms with E-state index in [1.807, 2.05) is 31.2 Å².